The van der Waals surface area contributed by atoms with E-state index in [0.717, 1.165) is 11.3 Å². The molecule has 0 unspecified atom stereocenters. The van der Waals surface area contributed by atoms with Gasteiger partial charge in [0, 0.05) is 12.2 Å². The molecule has 94 valence electrons. The second-order valence-corrected chi connectivity index (χ2v) is 4.33. The molecular weight excluding hydrogens is 216 g/mol. The molecule has 0 spiro atoms. The highest BCUT2D eigenvalue weighted by molar-refractivity contribution is 5.94. The van der Waals surface area contributed by atoms with Crippen LogP contribution in [0.4, 0.5) is 5.69 Å². The van der Waals surface area contributed by atoms with Crippen LogP contribution in [-0.2, 0) is 4.79 Å². The number of benzene rings is 1. The fourth-order valence-electron chi connectivity index (χ4n) is 1.33. The van der Waals surface area contributed by atoms with Gasteiger partial charge in [-0.05, 0) is 32.9 Å². The minimum Gasteiger partial charge on any atom is -0.392 e. The van der Waals surface area contributed by atoms with E-state index in [2.05, 4.69) is 10.6 Å². The zero-order chi connectivity index (χ0) is 12.8. The zero-order valence-electron chi connectivity index (χ0n) is 10.5. The molecule has 4 heteroatoms. The maximum Gasteiger partial charge on any atom is 0.241 e. The third kappa shape index (κ3) is 4.97. The molecule has 0 fully saturated rings. The molecule has 0 aromatic heterocycles. The Labute approximate surface area is 102 Å². The Morgan fingerprint density at radius 2 is 1.88 bits per heavy atom. The van der Waals surface area contributed by atoms with Gasteiger partial charge in [-0.1, -0.05) is 17.7 Å². The molecule has 0 aliphatic heterocycles. The molecule has 1 rings (SSSR count). The zero-order valence-corrected chi connectivity index (χ0v) is 10.5. The summed E-state index contributed by atoms with van der Waals surface area (Å²) in [6.45, 7) is 5.85. The molecule has 0 saturated heterocycles. The largest absolute Gasteiger partial charge is 0.392 e. The third-order valence-electron chi connectivity index (χ3n) is 2.43. The normalized spacial score (nSPS) is 14.1. The highest BCUT2D eigenvalue weighted by atomic mass is 16.3. The molecule has 1 aromatic carbocycles. The summed E-state index contributed by atoms with van der Waals surface area (Å²) < 4.78 is 0. The summed E-state index contributed by atoms with van der Waals surface area (Å²) in [4.78, 5) is 11.8. The average Bonchev–Trinajstić information content (AvgIpc) is 2.28. The van der Waals surface area contributed by atoms with E-state index in [4.69, 9.17) is 5.11 Å². The van der Waals surface area contributed by atoms with Crippen LogP contribution in [0.25, 0.3) is 0 Å². The monoisotopic (exact) mass is 236 g/mol. The number of nitrogens with one attached hydrogen (secondary N) is 2. The topological polar surface area (TPSA) is 61.4 Å². The van der Waals surface area contributed by atoms with Gasteiger partial charge in [-0.15, -0.1) is 0 Å². The number of hydrogen-bond donors (Lipinski definition) is 3. The highest BCUT2D eigenvalue weighted by Gasteiger charge is 2.12. The number of carbonyl (C=O) groups is 1. The van der Waals surface area contributed by atoms with E-state index < -0.39 is 6.10 Å². The summed E-state index contributed by atoms with van der Waals surface area (Å²) >= 11 is 0. The van der Waals surface area contributed by atoms with Crippen LogP contribution >= 0.6 is 0 Å². The van der Waals surface area contributed by atoms with Gasteiger partial charge in [-0.2, -0.15) is 0 Å². The van der Waals surface area contributed by atoms with Gasteiger partial charge in [0.25, 0.3) is 0 Å². The number of aryl methyl sites for hydroxylation is 1. The van der Waals surface area contributed by atoms with E-state index in [-0.39, 0.29) is 11.9 Å². The van der Waals surface area contributed by atoms with Crippen molar-refractivity contribution in [2.45, 2.75) is 32.9 Å². The van der Waals surface area contributed by atoms with Crippen LogP contribution in [0.15, 0.2) is 24.3 Å². The molecule has 3 N–H and O–H groups in total. The molecule has 0 bridgehead atoms. The van der Waals surface area contributed by atoms with Gasteiger partial charge in [0.2, 0.25) is 5.91 Å². The Bertz CT molecular complexity index is 360. The number of carbonyl (C=O) groups excluding carboxylic acids is 1. The van der Waals surface area contributed by atoms with Crippen molar-refractivity contribution in [3.63, 3.8) is 0 Å². The van der Waals surface area contributed by atoms with Crippen LogP contribution in [0.3, 0.4) is 0 Å². The van der Waals surface area contributed by atoms with Gasteiger partial charge < -0.3 is 15.7 Å². The molecule has 1 aromatic rings. The fraction of sp³-hybridized carbons (Fsp3) is 0.462. The molecular formula is C13H20N2O2. The Balaban J connectivity index is 2.45. The predicted molar refractivity (Wildman–Crippen MR) is 69.0 cm³/mol. The van der Waals surface area contributed by atoms with Crippen LogP contribution in [0.5, 0.6) is 0 Å². The molecule has 0 saturated carbocycles. The van der Waals surface area contributed by atoms with Crippen LogP contribution in [0, 0.1) is 6.92 Å². The average molecular weight is 236 g/mol. The van der Waals surface area contributed by atoms with Gasteiger partial charge in [0.15, 0.2) is 0 Å². The van der Waals surface area contributed by atoms with E-state index >= 15 is 0 Å². The second-order valence-electron chi connectivity index (χ2n) is 4.33. The summed E-state index contributed by atoms with van der Waals surface area (Å²) in [5.41, 5.74) is 1.94. The lowest BCUT2D eigenvalue weighted by Crippen LogP contribution is -2.41. The van der Waals surface area contributed by atoms with Crippen molar-refractivity contribution < 1.29 is 9.90 Å². The number of hydrogen-bond acceptors (Lipinski definition) is 3. The van der Waals surface area contributed by atoms with Crippen molar-refractivity contribution in [1.82, 2.24) is 5.32 Å². The minimum atomic E-state index is -0.454. The van der Waals surface area contributed by atoms with Crippen LogP contribution in [0.2, 0.25) is 0 Å². The van der Waals surface area contributed by atoms with Crippen LogP contribution in [0.1, 0.15) is 19.4 Å². The number of aliphatic hydroxyl groups excluding tert-OH is 1. The number of aliphatic hydroxyl groups is 1. The van der Waals surface area contributed by atoms with E-state index in [1.54, 1.807) is 13.8 Å². The maximum absolute atomic E-state index is 11.8. The van der Waals surface area contributed by atoms with Gasteiger partial charge >= 0.3 is 0 Å². The van der Waals surface area contributed by atoms with E-state index in [0.29, 0.717) is 6.54 Å². The minimum absolute atomic E-state index is 0.102. The van der Waals surface area contributed by atoms with E-state index in [1.165, 1.54) is 0 Å². The first-order valence-electron chi connectivity index (χ1n) is 5.78. The predicted octanol–water partition coefficient (Wildman–Crippen LogP) is 1.29. The SMILES string of the molecule is Cc1ccc(NC(=O)[C@@H](C)NC[C@H](C)O)cc1. The van der Waals surface area contributed by atoms with Crippen molar-refractivity contribution in [1.29, 1.82) is 0 Å². The molecule has 0 aliphatic rings. The Morgan fingerprint density at radius 1 is 1.29 bits per heavy atom. The number of rotatable bonds is 5. The van der Waals surface area contributed by atoms with Gasteiger partial charge in [0.1, 0.15) is 0 Å². The molecule has 17 heavy (non-hydrogen) atoms. The Hall–Kier alpha value is -1.39. The maximum atomic E-state index is 11.8. The first-order chi connectivity index (χ1) is 7.99. The lowest BCUT2D eigenvalue weighted by Gasteiger charge is -2.15. The number of anilines is 1. The first-order valence-corrected chi connectivity index (χ1v) is 5.78. The smallest absolute Gasteiger partial charge is 0.241 e. The Kier molecular flexibility index (Phi) is 5.12. The second kappa shape index (κ2) is 6.37. The summed E-state index contributed by atoms with van der Waals surface area (Å²) in [5, 5.41) is 14.9. The number of amides is 1. The third-order valence-corrected chi connectivity index (χ3v) is 2.43. The van der Waals surface area contributed by atoms with Gasteiger partial charge in [-0.25, -0.2) is 0 Å². The summed E-state index contributed by atoms with van der Waals surface area (Å²) in [6, 6.07) is 7.31. The molecule has 0 aliphatic carbocycles. The summed E-state index contributed by atoms with van der Waals surface area (Å²) in [5.74, 6) is -0.102. The van der Waals surface area contributed by atoms with Crippen LogP contribution < -0.4 is 10.6 Å². The summed E-state index contributed by atoms with van der Waals surface area (Å²) in [6.07, 6.45) is -0.454. The van der Waals surface area contributed by atoms with Gasteiger partial charge in [-0.3, -0.25) is 4.79 Å². The van der Waals surface area contributed by atoms with Crippen molar-refractivity contribution in [3.05, 3.63) is 29.8 Å². The standard InChI is InChI=1S/C13H20N2O2/c1-9-4-6-12(7-5-9)15-13(17)11(3)14-8-10(2)16/h4-7,10-11,14,16H,8H2,1-3H3,(H,15,17)/t10-,11+/m0/s1. The fourth-order valence-corrected chi connectivity index (χ4v) is 1.33. The van der Waals surface area contributed by atoms with E-state index in [1.807, 2.05) is 31.2 Å². The first kappa shape index (κ1) is 13.7. The van der Waals surface area contributed by atoms with Crippen molar-refractivity contribution in [3.8, 4) is 0 Å². The van der Waals surface area contributed by atoms with Crippen molar-refractivity contribution >= 4 is 11.6 Å². The lowest BCUT2D eigenvalue weighted by molar-refractivity contribution is -0.117. The summed E-state index contributed by atoms with van der Waals surface area (Å²) in [7, 11) is 0. The molecule has 1 amide bonds. The molecule has 0 heterocycles. The lowest BCUT2D eigenvalue weighted by atomic mass is 10.2. The molecule has 0 radical (unpaired) electrons. The molecule has 2 atom stereocenters. The van der Waals surface area contributed by atoms with Crippen molar-refractivity contribution in [2.24, 2.45) is 0 Å². The quantitative estimate of drug-likeness (QED) is 0.722. The Morgan fingerprint density at radius 3 is 2.41 bits per heavy atom. The highest BCUT2D eigenvalue weighted by Crippen LogP contribution is 2.08. The van der Waals surface area contributed by atoms with Crippen molar-refractivity contribution in [2.75, 3.05) is 11.9 Å². The van der Waals surface area contributed by atoms with Gasteiger partial charge in [0.05, 0.1) is 12.1 Å². The van der Waals surface area contributed by atoms with Crippen LogP contribution in [-0.4, -0.2) is 29.7 Å². The van der Waals surface area contributed by atoms with E-state index in [9.17, 15) is 4.79 Å². The molecule has 4 nitrogen and oxygen atoms in total.